The average molecular weight is 351 g/mol. The summed E-state index contributed by atoms with van der Waals surface area (Å²) >= 11 is 0. The number of benzene rings is 2. The van der Waals surface area contributed by atoms with Gasteiger partial charge in [-0.05, 0) is 49.6 Å². The maximum Gasteiger partial charge on any atom is 0.335 e. The van der Waals surface area contributed by atoms with Gasteiger partial charge in [-0.2, -0.15) is 5.10 Å². The first-order valence-corrected chi connectivity index (χ1v) is 8.59. The molecule has 1 aliphatic rings. The number of nitrogens with zero attached hydrogens (tertiary/aromatic N) is 2. The van der Waals surface area contributed by atoms with Crippen molar-refractivity contribution in [3.63, 3.8) is 0 Å². The Kier molecular flexibility index (Phi) is 4.16. The Labute approximate surface area is 150 Å². The van der Waals surface area contributed by atoms with E-state index in [-0.39, 0.29) is 11.4 Å². The molecule has 132 valence electrons. The van der Waals surface area contributed by atoms with Crippen LogP contribution in [0, 0.1) is 5.82 Å². The highest BCUT2D eigenvalue weighted by Gasteiger charge is 2.23. The van der Waals surface area contributed by atoms with Crippen LogP contribution in [0.4, 0.5) is 10.2 Å². The fourth-order valence-electron chi connectivity index (χ4n) is 3.33. The van der Waals surface area contributed by atoms with Gasteiger partial charge >= 0.3 is 5.97 Å². The summed E-state index contributed by atoms with van der Waals surface area (Å²) in [6, 6.07) is 13.2. The summed E-state index contributed by atoms with van der Waals surface area (Å²) < 4.78 is 16.1. The third kappa shape index (κ3) is 2.83. The van der Waals surface area contributed by atoms with Crippen LogP contribution in [0.25, 0.3) is 16.9 Å². The molecule has 1 aliphatic heterocycles. The van der Waals surface area contributed by atoms with Crippen LogP contribution < -0.4 is 5.32 Å². The van der Waals surface area contributed by atoms with Crippen molar-refractivity contribution in [1.82, 2.24) is 9.78 Å². The van der Waals surface area contributed by atoms with Crippen molar-refractivity contribution in [3.05, 3.63) is 65.5 Å². The van der Waals surface area contributed by atoms with Gasteiger partial charge in [0.05, 0.1) is 11.3 Å². The molecule has 0 atom stereocenters. The summed E-state index contributed by atoms with van der Waals surface area (Å²) in [6.07, 6.45) is 2.80. The van der Waals surface area contributed by atoms with Crippen LogP contribution in [0.3, 0.4) is 0 Å². The number of rotatable bonds is 3. The number of carboxylic acid groups (broad SMARTS) is 1. The van der Waals surface area contributed by atoms with E-state index in [0.29, 0.717) is 16.9 Å². The van der Waals surface area contributed by atoms with Gasteiger partial charge in [0, 0.05) is 17.7 Å². The number of carboxylic acids is 1. The second-order valence-electron chi connectivity index (χ2n) is 6.31. The lowest BCUT2D eigenvalue weighted by molar-refractivity contribution is 0.0697. The predicted octanol–water partition coefficient (Wildman–Crippen LogP) is 4.12. The lowest BCUT2D eigenvalue weighted by atomic mass is 10.0. The Balaban J connectivity index is 1.92. The minimum absolute atomic E-state index is 0.188. The third-order valence-electron chi connectivity index (χ3n) is 4.60. The fraction of sp³-hybridized carbons (Fsp3) is 0.200. The zero-order valence-corrected chi connectivity index (χ0v) is 14.1. The highest BCUT2D eigenvalue weighted by Crippen LogP contribution is 2.35. The topological polar surface area (TPSA) is 67.1 Å². The van der Waals surface area contributed by atoms with Gasteiger partial charge in [0.2, 0.25) is 0 Å². The number of fused-ring (bicyclic) bond motifs is 1. The Morgan fingerprint density at radius 2 is 2.00 bits per heavy atom. The summed E-state index contributed by atoms with van der Waals surface area (Å²) in [5.41, 5.74) is 2.85. The molecule has 0 spiro atoms. The molecule has 5 nitrogen and oxygen atoms in total. The maximum atomic E-state index is 14.4. The van der Waals surface area contributed by atoms with Crippen LogP contribution in [-0.4, -0.2) is 27.4 Å². The summed E-state index contributed by atoms with van der Waals surface area (Å²) in [6.45, 7) is 0.800. The van der Waals surface area contributed by atoms with Crippen molar-refractivity contribution < 1.29 is 14.3 Å². The molecule has 0 amide bonds. The summed E-state index contributed by atoms with van der Waals surface area (Å²) in [4.78, 5) is 11.3. The normalized spacial score (nSPS) is 13.6. The Morgan fingerprint density at radius 1 is 1.15 bits per heavy atom. The van der Waals surface area contributed by atoms with Crippen molar-refractivity contribution in [2.24, 2.45) is 0 Å². The quantitative estimate of drug-likeness (QED) is 0.745. The first-order valence-electron chi connectivity index (χ1n) is 8.59. The molecule has 1 aromatic heterocycles. The number of aromatic nitrogens is 2. The number of halogens is 1. The standard InChI is InChI=1S/C20H18FN3O2/c21-17-10-2-1-8-15(17)18-16-9-3-4-11-22-19(16)24(23-18)14-7-5-6-13(12-14)20(25)26/h1-2,5-8,10,12,22H,3-4,9,11H2,(H,25,26). The molecule has 3 aromatic rings. The van der Waals surface area contributed by atoms with Crippen LogP contribution in [0.15, 0.2) is 48.5 Å². The second-order valence-corrected chi connectivity index (χ2v) is 6.31. The van der Waals surface area contributed by atoms with Crippen molar-refractivity contribution in [1.29, 1.82) is 0 Å². The Morgan fingerprint density at radius 3 is 2.81 bits per heavy atom. The van der Waals surface area contributed by atoms with Crippen LogP contribution in [-0.2, 0) is 6.42 Å². The van der Waals surface area contributed by atoms with Crippen molar-refractivity contribution in [2.75, 3.05) is 11.9 Å². The van der Waals surface area contributed by atoms with Gasteiger partial charge in [-0.3, -0.25) is 0 Å². The number of aromatic carboxylic acids is 1. The van der Waals surface area contributed by atoms with Crippen molar-refractivity contribution in [3.8, 4) is 16.9 Å². The maximum absolute atomic E-state index is 14.4. The minimum Gasteiger partial charge on any atom is -0.478 e. The SMILES string of the molecule is O=C(O)c1cccc(-n2nc(-c3ccccc3F)c3c2NCCCC3)c1. The molecule has 0 radical (unpaired) electrons. The number of hydrogen-bond acceptors (Lipinski definition) is 3. The molecule has 0 unspecified atom stereocenters. The van der Waals surface area contributed by atoms with Crippen LogP contribution in [0.5, 0.6) is 0 Å². The molecular formula is C20H18FN3O2. The number of nitrogens with one attached hydrogen (secondary N) is 1. The second kappa shape index (κ2) is 6.63. The monoisotopic (exact) mass is 351 g/mol. The van der Waals surface area contributed by atoms with Gasteiger partial charge in [0.1, 0.15) is 17.3 Å². The molecule has 2 heterocycles. The van der Waals surface area contributed by atoms with E-state index >= 15 is 0 Å². The average Bonchev–Trinajstić information content (AvgIpc) is 2.83. The Bertz CT molecular complexity index is 981. The predicted molar refractivity (Wildman–Crippen MR) is 97.3 cm³/mol. The van der Waals surface area contributed by atoms with E-state index in [1.807, 2.05) is 0 Å². The molecule has 2 aromatic carbocycles. The van der Waals surface area contributed by atoms with E-state index in [1.54, 1.807) is 47.1 Å². The van der Waals surface area contributed by atoms with Gasteiger partial charge < -0.3 is 10.4 Å². The van der Waals surface area contributed by atoms with E-state index in [2.05, 4.69) is 10.4 Å². The van der Waals surface area contributed by atoms with E-state index in [1.165, 1.54) is 6.07 Å². The minimum atomic E-state index is -0.993. The number of hydrogen-bond donors (Lipinski definition) is 2. The number of carbonyl (C=O) groups is 1. The van der Waals surface area contributed by atoms with Crippen LogP contribution in [0.2, 0.25) is 0 Å². The largest absolute Gasteiger partial charge is 0.478 e. The van der Waals surface area contributed by atoms with Crippen LogP contribution in [0.1, 0.15) is 28.8 Å². The van der Waals surface area contributed by atoms with Gasteiger partial charge in [-0.25, -0.2) is 13.9 Å². The molecule has 0 saturated carbocycles. The molecule has 0 saturated heterocycles. The lowest BCUT2D eigenvalue weighted by Crippen LogP contribution is -2.08. The molecule has 0 fully saturated rings. The molecule has 26 heavy (non-hydrogen) atoms. The molecule has 2 N–H and O–H groups in total. The smallest absolute Gasteiger partial charge is 0.335 e. The van der Waals surface area contributed by atoms with Gasteiger partial charge in [-0.1, -0.05) is 18.2 Å². The molecule has 4 rings (SSSR count). The molecule has 0 bridgehead atoms. The Hall–Kier alpha value is -3.15. The van der Waals surface area contributed by atoms with E-state index < -0.39 is 5.97 Å². The summed E-state index contributed by atoms with van der Waals surface area (Å²) in [7, 11) is 0. The summed E-state index contributed by atoms with van der Waals surface area (Å²) in [5, 5.41) is 17.3. The first-order chi connectivity index (χ1) is 12.6. The zero-order chi connectivity index (χ0) is 18.1. The lowest BCUT2D eigenvalue weighted by Gasteiger charge is -2.09. The van der Waals surface area contributed by atoms with E-state index in [9.17, 15) is 14.3 Å². The summed E-state index contributed by atoms with van der Waals surface area (Å²) in [5.74, 6) is -0.501. The van der Waals surface area contributed by atoms with Gasteiger partial charge in [0.25, 0.3) is 0 Å². The highest BCUT2D eigenvalue weighted by atomic mass is 19.1. The van der Waals surface area contributed by atoms with Gasteiger partial charge in [0.15, 0.2) is 0 Å². The molecular weight excluding hydrogens is 333 g/mol. The van der Waals surface area contributed by atoms with Crippen LogP contribution >= 0.6 is 0 Å². The van der Waals surface area contributed by atoms with Crippen molar-refractivity contribution in [2.45, 2.75) is 19.3 Å². The number of anilines is 1. The molecule has 0 aliphatic carbocycles. The van der Waals surface area contributed by atoms with Crippen molar-refractivity contribution >= 4 is 11.8 Å². The van der Waals surface area contributed by atoms with E-state index in [0.717, 1.165) is 37.2 Å². The van der Waals surface area contributed by atoms with E-state index in [4.69, 9.17) is 0 Å². The zero-order valence-electron chi connectivity index (χ0n) is 14.1. The van der Waals surface area contributed by atoms with Gasteiger partial charge in [-0.15, -0.1) is 0 Å². The fourth-order valence-corrected chi connectivity index (χ4v) is 3.33. The molecule has 6 heteroatoms. The third-order valence-corrected chi connectivity index (χ3v) is 4.60. The highest BCUT2D eigenvalue weighted by molar-refractivity contribution is 5.88. The first kappa shape index (κ1) is 16.3.